The molecule has 0 bridgehead atoms. The summed E-state index contributed by atoms with van der Waals surface area (Å²) in [6.07, 6.45) is -4.78. The zero-order valence-electron chi connectivity index (χ0n) is 15.4. The molecule has 0 aliphatic heterocycles. The SMILES string of the molecule is COC(=O)c1ccc(OCC(=O)NNC(=S)Nc2ccc(OC(F)(F)F)cc2)cc1. The Labute approximate surface area is 174 Å². The summed E-state index contributed by atoms with van der Waals surface area (Å²) in [5.41, 5.74) is 5.42. The Balaban J connectivity index is 1.72. The van der Waals surface area contributed by atoms with E-state index in [1.165, 1.54) is 43.5 Å². The molecule has 1 amide bonds. The number of esters is 1. The summed E-state index contributed by atoms with van der Waals surface area (Å²) in [5, 5.41) is 2.66. The average Bonchev–Trinajstić information content (AvgIpc) is 2.71. The van der Waals surface area contributed by atoms with Crippen LogP contribution >= 0.6 is 12.2 Å². The van der Waals surface area contributed by atoms with E-state index < -0.39 is 18.2 Å². The van der Waals surface area contributed by atoms with Crippen LogP contribution in [0.3, 0.4) is 0 Å². The molecule has 0 aromatic heterocycles. The summed E-state index contributed by atoms with van der Waals surface area (Å²) in [4.78, 5) is 23.1. The molecule has 0 saturated heterocycles. The average molecular weight is 443 g/mol. The van der Waals surface area contributed by atoms with Crippen molar-refractivity contribution in [2.45, 2.75) is 6.36 Å². The second kappa shape index (κ2) is 10.3. The van der Waals surface area contributed by atoms with Gasteiger partial charge in [0.05, 0.1) is 12.7 Å². The van der Waals surface area contributed by atoms with Crippen molar-refractivity contribution in [1.82, 2.24) is 10.9 Å². The summed E-state index contributed by atoms with van der Waals surface area (Å²) >= 11 is 4.97. The second-order valence-corrected chi connectivity index (χ2v) is 5.91. The number of rotatable bonds is 6. The zero-order valence-corrected chi connectivity index (χ0v) is 16.2. The topological polar surface area (TPSA) is 97.9 Å². The highest BCUT2D eigenvalue weighted by Crippen LogP contribution is 2.23. The lowest BCUT2D eigenvalue weighted by atomic mass is 10.2. The standard InChI is InChI=1S/C18H16F3N3O5S/c1-27-16(26)11-2-6-13(7-3-11)28-10-15(25)23-24-17(30)22-12-4-8-14(9-5-12)29-18(19,20)21/h2-9H,10H2,1H3,(H,23,25)(H2,22,24,30). The van der Waals surface area contributed by atoms with Crippen molar-refractivity contribution in [3.8, 4) is 11.5 Å². The molecule has 12 heteroatoms. The number of hydrogen-bond acceptors (Lipinski definition) is 6. The van der Waals surface area contributed by atoms with Gasteiger partial charge in [0.1, 0.15) is 11.5 Å². The van der Waals surface area contributed by atoms with Gasteiger partial charge in [0.25, 0.3) is 5.91 Å². The molecule has 0 spiro atoms. The van der Waals surface area contributed by atoms with E-state index in [9.17, 15) is 22.8 Å². The van der Waals surface area contributed by atoms with Crippen LogP contribution in [-0.2, 0) is 9.53 Å². The number of ether oxygens (including phenoxy) is 3. The number of anilines is 1. The van der Waals surface area contributed by atoms with E-state index in [1.54, 1.807) is 0 Å². The predicted molar refractivity (Wildman–Crippen MR) is 104 cm³/mol. The molecule has 8 nitrogen and oxygen atoms in total. The van der Waals surface area contributed by atoms with Gasteiger partial charge in [-0.3, -0.25) is 15.6 Å². The highest BCUT2D eigenvalue weighted by molar-refractivity contribution is 7.80. The first-order valence-electron chi connectivity index (χ1n) is 8.19. The minimum absolute atomic E-state index is 0.00438. The molecule has 0 radical (unpaired) electrons. The van der Waals surface area contributed by atoms with Crippen molar-refractivity contribution in [3.63, 3.8) is 0 Å². The highest BCUT2D eigenvalue weighted by Gasteiger charge is 2.30. The fraction of sp³-hybridized carbons (Fsp3) is 0.167. The number of thiocarbonyl (C=S) groups is 1. The van der Waals surface area contributed by atoms with Gasteiger partial charge in [-0.25, -0.2) is 4.79 Å². The monoisotopic (exact) mass is 443 g/mol. The third kappa shape index (κ3) is 7.83. The van der Waals surface area contributed by atoms with E-state index in [2.05, 4.69) is 25.6 Å². The highest BCUT2D eigenvalue weighted by atomic mass is 32.1. The summed E-state index contributed by atoms with van der Waals surface area (Å²) < 4.78 is 50.0. The van der Waals surface area contributed by atoms with Gasteiger partial charge < -0.3 is 19.5 Å². The van der Waals surface area contributed by atoms with Crippen LogP contribution in [-0.4, -0.2) is 37.1 Å². The summed E-state index contributed by atoms with van der Waals surface area (Å²) in [6, 6.07) is 10.8. The van der Waals surface area contributed by atoms with Gasteiger partial charge in [-0.15, -0.1) is 13.2 Å². The van der Waals surface area contributed by atoms with Crippen LogP contribution in [0.5, 0.6) is 11.5 Å². The lowest BCUT2D eigenvalue weighted by Gasteiger charge is -2.13. The van der Waals surface area contributed by atoms with Gasteiger partial charge in [-0.2, -0.15) is 0 Å². The van der Waals surface area contributed by atoms with E-state index in [0.717, 1.165) is 12.1 Å². The molecule has 0 aliphatic carbocycles. The summed E-state index contributed by atoms with van der Waals surface area (Å²) in [7, 11) is 1.26. The van der Waals surface area contributed by atoms with Gasteiger partial charge in [-0.05, 0) is 60.7 Å². The van der Waals surface area contributed by atoms with E-state index in [1.807, 2.05) is 0 Å². The van der Waals surface area contributed by atoms with E-state index in [0.29, 0.717) is 17.0 Å². The number of hydrazine groups is 1. The first-order valence-corrected chi connectivity index (χ1v) is 8.60. The third-order valence-corrected chi connectivity index (χ3v) is 3.51. The Morgan fingerprint density at radius 3 is 2.13 bits per heavy atom. The smallest absolute Gasteiger partial charge is 0.484 e. The van der Waals surface area contributed by atoms with Crippen LogP contribution in [0.2, 0.25) is 0 Å². The van der Waals surface area contributed by atoms with Gasteiger partial charge in [0, 0.05) is 5.69 Å². The lowest BCUT2D eigenvalue weighted by Crippen LogP contribution is -2.45. The van der Waals surface area contributed by atoms with Crippen LogP contribution in [0.15, 0.2) is 48.5 Å². The molecule has 2 rings (SSSR count). The van der Waals surface area contributed by atoms with Crippen LogP contribution < -0.4 is 25.6 Å². The Morgan fingerprint density at radius 1 is 0.967 bits per heavy atom. The molecular weight excluding hydrogens is 427 g/mol. The molecule has 0 saturated carbocycles. The van der Waals surface area contributed by atoms with Crippen molar-refractivity contribution >= 4 is 34.9 Å². The maximum Gasteiger partial charge on any atom is 0.573 e. The number of benzene rings is 2. The maximum atomic E-state index is 12.1. The number of halogens is 3. The number of methoxy groups -OCH3 is 1. The number of amides is 1. The van der Waals surface area contributed by atoms with E-state index >= 15 is 0 Å². The predicted octanol–water partition coefficient (Wildman–Crippen LogP) is 2.77. The molecule has 0 fully saturated rings. The normalized spacial score (nSPS) is 10.5. The molecule has 3 N–H and O–H groups in total. The Morgan fingerprint density at radius 2 is 1.57 bits per heavy atom. The number of hydrogen-bond donors (Lipinski definition) is 3. The summed E-state index contributed by atoms with van der Waals surface area (Å²) in [5.74, 6) is -1.06. The Bertz CT molecular complexity index is 889. The minimum Gasteiger partial charge on any atom is -0.484 e. The molecule has 160 valence electrons. The second-order valence-electron chi connectivity index (χ2n) is 5.50. The fourth-order valence-electron chi connectivity index (χ4n) is 2.02. The molecule has 0 heterocycles. The Kier molecular flexibility index (Phi) is 7.81. The van der Waals surface area contributed by atoms with Crippen LogP contribution in [0, 0.1) is 0 Å². The summed E-state index contributed by atoms with van der Waals surface area (Å²) in [6.45, 7) is -0.337. The first-order chi connectivity index (χ1) is 14.2. The number of carbonyl (C=O) groups excluding carboxylic acids is 2. The first kappa shape index (κ1) is 22.7. The van der Waals surface area contributed by atoms with Gasteiger partial charge in [0.2, 0.25) is 0 Å². The van der Waals surface area contributed by atoms with Gasteiger partial charge in [0.15, 0.2) is 11.7 Å². The lowest BCUT2D eigenvalue weighted by molar-refractivity contribution is -0.274. The third-order valence-electron chi connectivity index (χ3n) is 3.31. The van der Waals surface area contributed by atoms with Crippen molar-refractivity contribution in [2.75, 3.05) is 19.0 Å². The van der Waals surface area contributed by atoms with E-state index in [4.69, 9.17) is 17.0 Å². The van der Waals surface area contributed by atoms with Crippen molar-refractivity contribution in [2.24, 2.45) is 0 Å². The van der Waals surface area contributed by atoms with Crippen molar-refractivity contribution in [1.29, 1.82) is 0 Å². The van der Waals surface area contributed by atoms with Crippen molar-refractivity contribution < 1.29 is 37.0 Å². The maximum absolute atomic E-state index is 12.1. The molecule has 0 aliphatic rings. The van der Waals surface area contributed by atoms with Crippen LogP contribution in [0.4, 0.5) is 18.9 Å². The zero-order chi connectivity index (χ0) is 22.1. The van der Waals surface area contributed by atoms with Gasteiger partial charge in [-0.1, -0.05) is 0 Å². The quantitative estimate of drug-likeness (QED) is 0.356. The number of nitrogens with one attached hydrogen (secondary N) is 3. The van der Waals surface area contributed by atoms with Crippen LogP contribution in [0.25, 0.3) is 0 Å². The van der Waals surface area contributed by atoms with Crippen LogP contribution in [0.1, 0.15) is 10.4 Å². The minimum atomic E-state index is -4.78. The van der Waals surface area contributed by atoms with E-state index in [-0.39, 0.29) is 17.5 Å². The molecule has 0 unspecified atom stereocenters. The molecule has 30 heavy (non-hydrogen) atoms. The molecule has 2 aromatic rings. The fourth-order valence-corrected chi connectivity index (χ4v) is 2.19. The van der Waals surface area contributed by atoms with Gasteiger partial charge >= 0.3 is 12.3 Å². The Hall–Kier alpha value is -3.54. The number of alkyl halides is 3. The van der Waals surface area contributed by atoms with Crippen molar-refractivity contribution in [3.05, 3.63) is 54.1 Å². The molecule has 2 aromatic carbocycles. The number of carbonyl (C=O) groups is 2. The molecule has 0 atom stereocenters. The largest absolute Gasteiger partial charge is 0.573 e. The molecular formula is C18H16F3N3O5S.